The number of anilines is 1. The van der Waals surface area contributed by atoms with Crippen LogP contribution in [0.2, 0.25) is 0 Å². The van der Waals surface area contributed by atoms with Crippen LogP contribution in [-0.2, 0) is 11.2 Å². The first-order valence-corrected chi connectivity index (χ1v) is 8.68. The number of carbonyl (C=O) groups excluding carboxylic acids is 1. The van der Waals surface area contributed by atoms with Gasteiger partial charge in [0.25, 0.3) is 0 Å². The minimum Gasteiger partial charge on any atom is -0.497 e. The van der Waals surface area contributed by atoms with Gasteiger partial charge >= 0.3 is 0 Å². The van der Waals surface area contributed by atoms with Crippen molar-refractivity contribution in [2.45, 2.75) is 32.6 Å². The SMILES string of the molecule is CC[C@@]1(CCc2ccccc2)CCN(c2ccc(OC)cc2)C1=O. The molecule has 1 saturated heterocycles. The van der Waals surface area contributed by atoms with Crippen LogP contribution in [0.5, 0.6) is 5.75 Å². The van der Waals surface area contributed by atoms with Gasteiger partial charge in [-0.1, -0.05) is 37.3 Å². The molecule has 0 N–H and O–H groups in total. The predicted molar refractivity (Wildman–Crippen MR) is 97.5 cm³/mol. The van der Waals surface area contributed by atoms with Crippen LogP contribution in [-0.4, -0.2) is 19.6 Å². The van der Waals surface area contributed by atoms with Gasteiger partial charge in [0, 0.05) is 12.2 Å². The van der Waals surface area contributed by atoms with Crippen LogP contribution in [0.15, 0.2) is 54.6 Å². The van der Waals surface area contributed by atoms with Crippen LogP contribution in [0.25, 0.3) is 0 Å². The number of methoxy groups -OCH3 is 1. The van der Waals surface area contributed by atoms with Gasteiger partial charge in [-0.15, -0.1) is 0 Å². The zero-order valence-corrected chi connectivity index (χ0v) is 14.5. The highest BCUT2D eigenvalue weighted by Gasteiger charge is 2.45. The molecule has 0 aliphatic carbocycles. The van der Waals surface area contributed by atoms with Crippen molar-refractivity contribution >= 4 is 11.6 Å². The Bertz CT molecular complexity index is 681. The smallest absolute Gasteiger partial charge is 0.233 e. The van der Waals surface area contributed by atoms with E-state index in [2.05, 4.69) is 31.2 Å². The molecule has 3 rings (SSSR count). The van der Waals surface area contributed by atoms with Gasteiger partial charge < -0.3 is 9.64 Å². The molecule has 0 unspecified atom stereocenters. The Balaban J connectivity index is 1.74. The van der Waals surface area contributed by atoms with Crippen molar-refractivity contribution < 1.29 is 9.53 Å². The van der Waals surface area contributed by atoms with Gasteiger partial charge in [0.1, 0.15) is 5.75 Å². The molecular weight excluding hydrogens is 298 g/mol. The summed E-state index contributed by atoms with van der Waals surface area (Å²) in [6.45, 7) is 2.94. The molecule has 3 heteroatoms. The summed E-state index contributed by atoms with van der Waals surface area (Å²) < 4.78 is 5.20. The maximum absolute atomic E-state index is 13.1. The molecule has 1 aliphatic rings. The van der Waals surface area contributed by atoms with Crippen molar-refractivity contribution in [3.8, 4) is 5.75 Å². The summed E-state index contributed by atoms with van der Waals surface area (Å²) in [7, 11) is 1.65. The van der Waals surface area contributed by atoms with Gasteiger partial charge in [0.05, 0.1) is 12.5 Å². The topological polar surface area (TPSA) is 29.5 Å². The van der Waals surface area contributed by atoms with E-state index in [-0.39, 0.29) is 11.3 Å². The molecule has 0 saturated carbocycles. The second-order valence-corrected chi connectivity index (χ2v) is 6.52. The lowest BCUT2D eigenvalue weighted by Gasteiger charge is -2.27. The number of amides is 1. The Labute approximate surface area is 144 Å². The Kier molecular flexibility index (Phi) is 4.89. The first kappa shape index (κ1) is 16.6. The summed E-state index contributed by atoms with van der Waals surface area (Å²) in [6.07, 6.45) is 3.70. The summed E-state index contributed by atoms with van der Waals surface area (Å²) in [4.78, 5) is 15.1. The largest absolute Gasteiger partial charge is 0.497 e. The van der Waals surface area contributed by atoms with E-state index in [9.17, 15) is 4.79 Å². The van der Waals surface area contributed by atoms with E-state index in [1.165, 1.54) is 5.56 Å². The minimum atomic E-state index is -0.226. The van der Waals surface area contributed by atoms with Gasteiger partial charge in [-0.05, 0) is 55.5 Å². The normalized spacial score (nSPS) is 20.4. The molecule has 1 aliphatic heterocycles. The van der Waals surface area contributed by atoms with Gasteiger partial charge in [0.2, 0.25) is 5.91 Å². The molecule has 24 heavy (non-hydrogen) atoms. The lowest BCUT2D eigenvalue weighted by atomic mass is 9.78. The van der Waals surface area contributed by atoms with Crippen LogP contribution in [0, 0.1) is 5.41 Å². The maximum atomic E-state index is 13.1. The fourth-order valence-electron chi connectivity index (χ4n) is 3.59. The summed E-state index contributed by atoms with van der Waals surface area (Å²) in [5, 5.41) is 0. The van der Waals surface area contributed by atoms with E-state index in [1.807, 2.05) is 35.2 Å². The lowest BCUT2D eigenvalue weighted by Crippen LogP contribution is -2.34. The van der Waals surface area contributed by atoms with Crippen molar-refractivity contribution in [3.63, 3.8) is 0 Å². The predicted octanol–water partition coefficient (Wildman–Crippen LogP) is 4.46. The standard InChI is InChI=1S/C21H25NO2/c1-3-21(14-13-17-7-5-4-6-8-17)15-16-22(20(21)23)18-9-11-19(24-2)12-10-18/h4-12H,3,13-16H2,1-2H3/t21-/m1/s1. The first-order chi connectivity index (χ1) is 11.7. The Hall–Kier alpha value is -2.29. The molecule has 1 heterocycles. The van der Waals surface area contributed by atoms with Crippen LogP contribution in [0.3, 0.4) is 0 Å². The summed E-state index contributed by atoms with van der Waals surface area (Å²) in [5.41, 5.74) is 2.05. The Morgan fingerprint density at radius 3 is 2.42 bits per heavy atom. The first-order valence-electron chi connectivity index (χ1n) is 8.68. The fourth-order valence-corrected chi connectivity index (χ4v) is 3.59. The third kappa shape index (κ3) is 3.16. The third-order valence-electron chi connectivity index (χ3n) is 5.31. The zero-order chi connectivity index (χ0) is 17.0. The molecule has 1 fully saturated rings. The third-order valence-corrected chi connectivity index (χ3v) is 5.31. The van der Waals surface area contributed by atoms with Gasteiger partial charge in [-0.25, -0.2) is 0 Å². The van der Waals surface area contributed by atoms with E-state index in [0.717, 1.165) is 43.7 Å². The number of hydrogen-bond acceptors (Lipinski definition) is 2. The number of ether oxygens (including phenoxy) is 1. The minimum absolute atomic E-state index is 0.226. The molecule has 126 valence electrons. The van der Waals surface area contributed by atoms with Crippen molar-refractivity contribution in [3.05, 3.63) is 60.2 Å². The average Bonchev–Trinajstić information content (AvgIpc) is 2.98. The number of aryl methyl sites for hydroxylation is 1. The zero-order valence-electron chi connectivity index (χ0n) is 14.5. The van der Waals surface area contributed by atoms with Crippen molar-refractivity contribution in [2.75, 3.05) is 18.6 Å². The van der Waals surface area contributed by atoms with Gasteiger partial charge in [0.15, 0.2) is 0 Å². The molecule has 0 radical (unpaired) electrons. The second kappa shape index (κ2) is 7.08. The van der Waals surface area contributed by atoms with E-state index in [0.29, 0.717) is 0 Å². The highest BCUT2D eigenvalue weighted by Crippen LogP contribution is 2.41. The highest BCUT2D eigenvalue weighted by atomic mass is 16.5. The molecule has 3 nitrogen and oxygen atoms in total. The van der Waals surface area contributed by atoms with Crippen LogP contribution in [0.4, 0.5) is 5.69 Å². The molecule has 0 spiro atoms. The molecule has 2 aromatic rings. The number of rotatable bonds is 6. The lowest BCUT2D eigenvalue weighted by molar-refractivity contribution is -0.126. The monoisotopic (exact) mass is 323 g/mol. The number of benzene rings is 2. The van der Waals surface area contributed by atoms with E-state index in [1.54, 1.807) is 7.11 Å². The maximum Gasteiger partial charge on any atom is 0.233 e. The Morgan fingerprint density at radius 2 is 1.79 bits per heavy atom. The highest BCUT2D eigenvalue weighted by molar-refractivity contribution is 5.99. The molecule has 0 aromatic heterocycles. The molecule has 2 aromatic carbocycles. The second-order valence-electron chi connectivity index (χ2n) is 6.52. The van der Waals surface area contributed by atoms with Crippen molar-refractivity contribution in [1.29, 1.82) is 0 Å². The van der Waals surface area contributed by atoms with E-state index < -0.39 is 0 Å². The molecule has 1 atom stereocenters. The van der Waals surface area contributed by atoms with E-state index >= 15 is 0 Å². The molecule has 1 amide bonds. The van der Waals surface area contributed by atoms with Gasteiger partial charge in [-0.2, -0.15) is 0 Å². The molecule has 0 bridgehead atoms. The number of nitrogens with zero attached hydrogens (tertiary/aromatic N) is 1. The van der Waals surface area contributed by atoms with Crippen LogP contribution in [0.1, 0.15) is 31.7 Å². The van der Waals surface area contributed by atoms with Crippen molar-refractivity contribution in [1.82, 2.24) is 0 Å². The Morgan fingerprint density at radius 1 is 1.08 bits per heavy atom. The fraction of sp³-hybridized carbons (Fsp3) is 0.381. The molecular formula is C21H25NO2. The van der Waals surface area contributed by atoms with Crippen LogP contribution >= 0.6 is 0 Å². The van der Waals surface area contributed by atoms with E-state index in [4.69, 9.17) is 4.74 Å². The summed E-state index contributed by atoms with van der Waals surface area (Å²) in [5.74, 6) is 1.09. The summed E-state index contributed by atoms with van der Waals surface area (Å²) >= 11 is 0. The number of carbonyl (C=O) groups is 1. The summed E-state index contributed by atoms with van der Waals surface area (Å²) in [6, 6.07) is 18.2. The quantitative estimate of drug-likeness (QED) is 0.785. The number of hydrogen-bond donors (Lipinski definition) is 0. The van der Waals surface area contributed by atoms with Crippen molar-refractivity contribution in [2.24, 2.45) is 5.41 Å². The van der Waals surface area contributed by atoms with Crippen LogP contribution < -0.4 is 9.64 Å². The van der Waals surface area contributed by atoms with Gasteiger partial charge in [-0.3, -0.25) is 4.79 Å². The average molecular weight is 323 g/mol.